The number of piperidine rings is 1. The summed E-state index contributed by atoms with van der Waals surface area (Å²) in [7, 11) is 2.02. The third kappa shape index (κ3) is 4.49. The average molecular weight is 393 g/mol. The van der Waals surface area contributed by atoms with Gasteiger partial charge in [-0.25, -0.2) is 4.98 Å². The lowest BCUT2D eigenvalue weighted by molar-refractivity contribution is 0.240. The third-order valence-electron chi connectivity index (χ3n) is 5.61. The highest BCUT2D eigenvalue weighted by molar-refractivity contribution is 5.92. The van der Waals surface area contributed by atoms with Gasteiger partial charge in [-0.05, 0) is 51.9 Å². The molecule has 0 aliphatic carbocycles. The number of hydrogen-bond donors (Lipinski definition) is 3. The lowest BCUT2D eigenvalue weighted by Gasteiger charge is -2.39. The molecule has 3 heterocycles. The fourth-order valence-corrected chi connectivity index (χ4v) is 3.55. The van der Waals surface area contributed by atoms with Gasteiger partial charge in [-0.1, -0.05) is 0 Å². The number of nitriles is 1. The van der Waals surface area contributed by atoms with Gasteiger partial charge in [0.2, 0.25) is 0 Å². The quantitative estimate of drug-likeness (QED) is 0.509. The first-order valence-corrected chi connectivity index (χ1v) is 9.90. The standard InChI is InChI=1S/C22H28N6O/c1-4-29-18-11-19(21(27-15-18)17(12-23)13-24)16-5-6-20(26-14-16)28-9-7-22(2,25-3)8-10-28/h5-6,11-12,14-15,23,25,27H,4,7-10H2,1-3H3/b21-17+,23-12?. The molecule has 3 rings (SSSR count). The minimum atomic E-state index is 0.192. The van der Waals surface area contributed by atoms with E-state index in [1.807, 2.05) is 38.4 Å². The molecular formula is C22H28N6O. The molecule has 0 unspecified atom stereocenters. The van der Waals surface area contributed by atoms with Gasteiger partial charge in [-0.3, -0.25) is 0 Å². The Bertz CT molecular complexity index is 883. The maximum absolute atomic E-state index is 9.38. The van der Waals surface area contributed by atoms with E-state index in [1.54, 1.807) is 6.20 Å². The van der Waals surface area contributed by atoms with Crippen LogP contribution in [0.25, 0.3) is 5.57 Å². The molecule has 1 aromatic heterocycles. The van der Waals surface area contributed by atoms with Gasteiger partial charge < -0.3 is 25.7 Å². The van der Waals surface area contributed by atoms with Crippen molar-refractivity contribution in [1.82, 2.24) is 15.6 Å². The molecular weight excluding hydrogens is 364 g/mol. The van der Waals surface area contributed by atoms with Crippen LogP contribution in [0.5, 0.6) is 0 Å². The molecule has 1 saturated heterocycles. The molecule has 1 fully saturated rings. The van der Waals surface area contributed by atoms with Crippen molar-refractivity contribution in [3.63, 3.8) is 0 Å². The van der Waals surface area contributed by atoms with Crippen molar-refractivity contribution in [1.29, 1.82) is 10.7 Å². The Balaban J connectivity index is 1.86. The van der Waals surface area contributed by atoms with Gasteiger partial charge in [0.1, 0.15) is 17.6 Å². The summed E-state index contributed by atoms with van der Waals surface area (Å²) in [5, 5.41) is 23.4. The molecule has 0 atom stereocenters. The Labute approximate surface area is 172 Å². The van der Waals surface area contributed by atoms with E-state index in [0.717, 1.165) is 49.1 Å². The Morgan fingerprint density at radius 3 is 2.76 bits per heavy atom. The van der Waals surface area contributed by atoms with Crippen molar-refractivity contribution < 1.29 is 4.74 Å². The summed E-state index contributed by atoms with van der Waals surface area (Å²) >= 11 is 0. The van der Waals surface area contributed by atoms with Crippen molar-refractivity contribution in [2.45, 2.75) is 32.2 Å². The number of dihydropyridines is 1. The van der Waals surface area contributed by atoms with Gasteiger partial charge in [0.25, 0.3) is 0 Å². The SMILES string of the molecule is CCOC1=CN/C(=C(/C#N)C=N)C(c2ccc(N3CCC(C)(NC)CC3)nc2)=C1. The number of hydrogen-bond acceptors (Lipinski definition) is 7. The number of pyridine rings is 1. The lowest BCUT2D eigenvalue weighted by atomic mass is 9.90. The highest BCUT2D eigenvalue weighted by atomic mass is 16.5. The Kier molecular flexibility index (Phi) is 6.35. The van der Waals surface area contributed by atoms with E-state index in [9.17, 15) is 5.26 Å². The van der Waals surface area contributed by atoms with E-state index >= 15 is 0 Å². The van der Waals surface area contributed by atoms with Gasteiger partial charge in [0.05, 0.1) is 17.9 Å². The Hall–Kier alpha value is -3.11. The average Bonchev–Trinajstić information content (AvgIpc) is 2.76. The van der Waals surface area contributed by atoms with Crippen LogP contribution < -0.4 is 15.5 Å². The Morgan fingerprint density at radius 1 is 1.45 bits per heavy atom. The van der Waals surface area contributed by atoms with E-state index in [0.29, 0.717) is 18.1 Å². The fraction of sp³-hybridized carbons (Fsp3) is 0.409. The summed E-state index contributed by atoms with van der Waals surface area (Å²) in [4.78, 5) is 6.98. The first-order chi connectivity index (χ1) is 14.0. The second-order valence-corrected chi connectivity index (χ2v) is 7.43. The predicted molar refractivity (Wildman–Crippen MR) is 115 cm³/mol. The third-order valence-corrected chi connectivity index (χ3v) is 5.61. The lowest BCUT2D eigenvalue weighted by Crippen LogP contribution is -2.50. The molecule has 0 bridgehead atoms. The largest absolute Gasteiger partial charge is 0.492 e. The molecule has 29 heavy (non-hydrogen) atoms. The van der Waals surface area contributed by atoms with Crippen LogP contribution >= 0.6 is 0 Å². The smallest absolute Gasteiger partial charge is 0.135 e. The number of aromatic nitrogens is 1. The minimum absolute atomic E-state index is 0.192. The number of rotatable bonds is 6. The number of anilines is 1. The number of nitrogens with zero attached hydrogens (tertiary/aromatic N) is 3. The molecule has 0 saturated carbocycles. The molecule has 2 aliphatic rings. The van der Waals surface area contributed by atoms with Gasteiger partial charge in [0, 0.05) is 48.4 Å². The molecule has 152 valence electrons. The van der Waals surface area contributed by atoms with E-state index in [4.69, 9.17) is 10.1 Å². The number of allylic oxidation sites excluding steroid dienone is 3. The molecule has 0 amide bonds. The van der Waals surface area contributed by atoms with Crippen LogP contribution in [0.15, 0.2) is 47.6 Å². The molecule has 1 aromatic rings. The van der Waals surface area contributed by atoms with Crippen molar-refractivity contribution in [2.75, 3.05) is 31.6 Å². The maximum atomic E-state index is 9.38. The van der Waals surface area contributed by atoms with Crippen molar-refractivity contribution in [2.24, 2.45) is 0 Å². The van der Waals surface area contributed by atoms with E-state index < -0.39 is 0 Å². The zero-order valence-electron chi connectivity index (χ0n) is 17.2. The molecule has 0 radical (unpaired) electrons. The first-order valence-electron chi connectivity index (χ1n) is 9.90. The maximum Gasteiger partial charge on any atom is 0.135 e. The van der Waals surface area contributed by atoms with Crippen LogP contribution in [-0.2, 0) is 4.74 Å². The van der Waals surface area contributed by atoms with Crippen LogP contribution in [0.2, 0.25) is 0 Å². The van der Waals surface area contributed by atoms with Gasteiger partial charge in [-0.15, -0.1) is 0 Å². The van der Waals surface area contributed by atoms with Crippen LogP contribution in [0.4, 0.5) is 5.82 Å². The van der Waals surface area contributed by atoms with Crippen LogP contribution in [-0.4, -0.2) is 43.5 Å². The van der Waals surface area contributed by atoms with Gasteiger partial charge >= 0.3 is 0 Å². The molecule has 7 heteroatoms. The van der Waals surface area contributed by atoms with Crippen molar-refractivity contribution in [3.05, 3.63) is 53.2 Å². The second kappa shape index (κ2) is 8.93. The fourth-order valence-electron chi connectivity index (χ4n) is 3.55. The van der Waals surface area contributed by atoms with Crippen molar-refractivity contribution >= 4 is 17.6 Å². The topological polar surface area (TPSA) is 97.1 Å². The highest BCUT2D eigenvalue weighted by Gasteiger charge is 2.28. The van der Waals surface area contributed by atoms with E-state index in [-0.39, 0.29) is 11.1 Å². The first kappa shape index (κ1) is 20.6. The zero-order chi connectivity index (χ0) is 20.9. The van der Waals surface area contributed by atoms with E-state index in [2.05, 4.69) is 33.5 Å². The molecule has 3 N–H and O–H groups in total. The number of ether oxygens (including phenoxy) is 1. The summed E-state index contributed by atoms with van der Waals surface area (Å²) < 4.78 is 5.60. The normalized spacial score (nSPS) is 20.0. The summed E-state index contributed by atoms with van der Waals surface area (Å²) in [6.07, 6.45) is 8.61. The highest BCUT2D eigenvalue weighted by Crippen LogP contribution is 2.30. The second-order valence-electron chi connectivity index (χ2n) is 7.43. The summed E-state index contributed by atoms with van der Waals surface area (Å²) in [6, 6.07) is 6.10. The summed E-state index contributed by atoms with van der Waals surface area (Å²) in [5.74, 6) is 1.63. The minimum Gasteiger partial charge on any atom is -0.492 e. The zero-order valence-corrected chi connectivity index (χ0v) is 17.2. The van der Waals surface area contributed by atoms with Crippen LogP contribution in [0, 0.1) is 16.7 Å². The Morgan fingerprint density at radius 2 is 2.21 bits per heavy atom. The summed E-state index contributed by atoms with van der Waals surface area (Å²) in [6.45, 7) is 6.65. The molecule has 0 aromatic carbocycles. The summed E-state index contributed by atoms with van der Waals surface area (Å²) in [5.41, 5.74) is 2.69. The predicted octanol–water partition coefficient (Wildman–Crippen LogP) is 2.95. The van der Waals surface area contributed by atoms with Gasteiger partial charge in [0.15, 0.2) is 0 Å². The van der Waals surface area contributed by atoms with E-state index in [1.165, 1.54) is 0 Å². The number of nitrogens with one attached hydrogen (secondary N) is 3. The van der Waals surface area contributed by atoms with Gasteiger partial charge in [-0.2, -0.15) is 5.26 Å². The van der Waals surface area contributed by atoms with Crippen molar-refractivity contribution in [3.8, 4) is 6.07 Å². The molecule has 0 spiro atoms. The molecule has 7 nitrogen and oxygen atoms in total. The van der Waals surface area contributed by atoms with Crippen LogP contribution in [0.3, 0.4) is 0 Å². The molecule has 2 aliphatic heterocycles. The monoisotopic (exact) mass is 392 g/mol. The van der Waals surface area contributed by atoms with Crippen LogP contribution in [0.1, 0.15) is 32.3 Å².